The van der Waals surface area contributed by atoms with Crippen LogP contribution in [0, 0.1) is 0 Å². The molecule has 0 atom stereocenters. The monoisotopic (exact) mass is 278 g/mol. The standard InChI is InChI=1S/Fe.Li.H3O4P.Sn/c;;1-5(2,3)4;/h;;(H3,1,2,3,4);/q+2;+1;;+4/p-3. The van der Waals surface area contributed by atoms with Crippen molar-refractivity contribution in [2.75, 3.05) is 0 Å². The normalized spacial score (nSPS) is 7.38. The van der Waals surface area contributed by atoms with Crippen LogP contribution in [0.1, 0.15) is 0 Å². The quantitative estimate of drug-likeness (QED) is 0.325. The van der Waals surface area contributed by atoms with E-state index in [0.29, 0.717) is 0 Å². The third-order valence-electron chi connectivity index (χ3n) is 0. The molecular formula is FeLiO4PSn+4. The molecule has 0 amide bonds. The molecule has 0 aromatic rings. The van der Waals surface area contributed by atoms with Crippen LogP contribution >= 0.6 is 7.82 Å². The van der Waals surface area contributed by atoms with E-state index in [4.69, 9.17) is 19.2 Å². The molecule has 0 radical (unpaired) electrons. The summed E-state index contributed by atoms with van der Waals surface area (Å²) in [6.07, 6.45) is 0. The van der Waals surface area contributed by atoms with Gasteiger partial charge < -0.3 is 19.2 Å². The minimum Gasteiger partial charge on any atom is -0.822 e. The molecule has 0 aliphatic carbocycles. The van der Waals surface area contributed by atoms with Gasteiger partial charge in [0, 0.05) is 0 Å². The first kappa shape index (κ1) is 22.5. The van der Waals surface area contributed by atoms with E-state index in [0.717, 1.165) is 0 Å². The van der Waals surface area contributed by atoms with E-state index in [9.17, 15) is 0 Å². The van der Waals surface area contributed by atoms with Gasteiger partial charge in [0.2, 0.25) is 0 Å². The Labute approximate surface area is 86.3 Å². The van der Waals surface area contributed by atoms with E-state index in [1.807, 2.05) is 0 Å². The number of hydrogen-bond donors (Lipinski definition) is 0. The predicted octanol–water partition coefficient (Wildman–Crippen LogP) is -6.20. The van der Waals surface area contributed by atoms with Gasteiger partial charge in [-0.15, -0.1) is 0 Å². The van der Waals surface area contributed by atoms with Crippen molar-refractivity contribution >= 4 is 31.7 Å². The second-order valence-corrected chi connectivity index (χ2v) is 1.34. The van der Waals surface area contributed by atoms with Gasteiger partial charge in [0.1, 0.15) is 0 Å². The van der Waals surface area contributed by atoms with Crippen molar-refractivity contribution in [2.45, 2.75) is 0 Å². The molecule has 0 saturated carbocycles. The van der Waals surface area contributed by atoms with Crippen LogP contribution in [0.2, 0.25) is 0 Å². The Balaban J connectivity index is -0.0000000267. The molecule has 0 rings (SSSR count). The molecule has 0 aromatic heterocycles. The molecule has 0 saturated heterocycles. The van der Waals surface area contributed by atoms with Crippen molar-refractivity contribution in [2.24, 2.45) is 0 Å². The van der Waals surface area contributed by atoms with Gasteiger partial charge in [-0.3, -0.25) is 0 Å². The number of hydrogen-bond acceptors (Lipinski definition) is 4. The molecule has 8 heavy (non-hydrogen) atoms. The summed E-state index contributed by atoms with van der Waals surface area (Å²) < 4.78 is 8.55. The van der Waals surface area contributed by atoms with E-state index in [2.05, 4.69) is 0 Å². The van der Waals surface area contributed by atoms with Gasteiger partial charge in [-0.05, 0) is 0 Å². The fourth-order valence-corrected chi connectivity index (χ4v) is 0. The molecule has 0 heterocycles. The summed E-state index contributed by atoms with van der Waals surface area (Å²) in [5.74, 6) is 0. The van der Waals surface area contributed by atoms with E-state index >= 15 is 0 Å². The fraction of sp³-hybridized carbons (Fsp3) is 0. The predicted molar refractivity (Wildman–Crippen MR) is 13.4 cm³/mol. The smallest absolute Gasteiger partial charge is 0.822 e. The molecule has 0 fully saturated rings. The third kappa shape index (κ3) is 96.5. The SMILES string of the molecule is O=P([O-])([O-])[O-].[Fe+2].[Li+].[Sn+4]. The molecule has 0 bridgehead atoms. The second-order valence-electron chi connectivity index (χ2n) is 0.447. The third-order valence-corrected chi connectivity index (χ3v) is 0. The first-order valence-corrected chi connectivity index (χ1v) is 2.19. The van der Waals surface area contributed by atoms with Crippen molar-refractivity contribution in [1.29, 1.82) is 0 Å². The van der Waals surface area contributed by atoms with E-state index in [1.165, 1.54) is 0 Å². The zero-order valence-electron chi connectivity index (χ0n) is 3.93. The number of rotatable bonds is 0. The maximum atomic E-state index is 8.55. The Morgan fingerprint density at radius 1 is 1.12 bits per heavy atom. The van der Waals surface area contributed by atoms with Crippen LogP contribution in [0.15, 0.2) is 0 Å². The minimum absolute atomic E-state index is 0. The topological polar surface area (TPSA) is 86.2 Å². The van der Waals surface area contributed by atoms with Crippen LogP contribution < -0.4 is 33.5 Å². The molecule has 0 unspecified atom stereocenters. The van der Waals surface area contributed by atoms with Gasteiger partial charge in [0.15, 0.2) is 0 Å². The maximum absolute atomic E-state index is 8.55. The molecule has 0 aromatic carbocycles. The van der Waals surface area contributed by atoms with Crippen LogP contribution in [0.25, 0.3) is 0 Å². The summed E-state index contributed by atoms with van der Waals surface area (Å²) in [5, 5.41) is 0. The van der Waals surface area contributed by atoms with E-state index < -0.39 is 7.82 Å². The zero-order chi connectivity index (χ0) is 4.50. The molecule has 38 valence electrons. The molecule has 4 nitrogen and oxygen atoms in total. The largest absolute Gasteiger partial charge is 4.00 e. The van der Waals surface area contributed by atoms with Crippen molar-refractivity contribution < 1.29 is 55.2 Å². The summed E-state index contributed by atoms with van der Waals surface area (Å²) >= 11 is 0. The fourth-order valence-electron chi connectivity index (χ4n) is 0. The summed E-state index contributed by atoms with van der Waals surface area (Å²) in [4.78, 5) is 25.6. The summed E-state index contributed by atoms with van der Waals surface area (Å²) in [7, 11) is -5.39. The molecule has 0 N–H and O–H groups in total. The maximum Gasteiger partial charge on any atom is 4.00 e. The van der Waals surface area contributed by atoms with Crippen LogP contribution in [0.4, 0.5) is 0 Å². The van der Waals surface area contributed by atoms with E-state index in [1.54, 1.807) is 0 Å². The molecular weight excluding hydrogens is 276 g/mol. The van der Waals surface area contributed by atoms with Gasteiger partial charge in [0.05, 0.1) is 0 Å². The van der Waals surface area contributed by atoms with Crippen LogP contribution in [0.5, 0.6) is 0 Å². The first-order chi connectivity index (χ1) is 2.00. The molecule has 0 spiro atoms. The molecule has 8 heteroatoms. The molecule has 0 aliphatic heterocycles. The molecule has 0 aliphatic rings. The Bertz CT molecular complexity index is 62.2. The van der Waals surface area contributed by atoms with Crippen LogP contribution in [-0.2, 0) is 21.6 Å². The first-order valence-electron chi connectivity index (χ1n) is 0.730. The van der Waals surface area contributed by atoms with Gasteiger partial charge in [-0.2, -0.15) is 7.82 Å². The summed E-state index contributed by atoms with van der Waals surface area (Å²) in [5.41, 5.74) is 0. The van der Waals surface area contributed by atoms with Gasteiger partial charge in [0.25, 0.3) is 0 Å². The Kier molecular flexibility index (Phi) is 25.4. The van der Waals surface area contributed by atoms with E-state index in [-0.39, 0.29) is 59.8 Å². The number of phosphoric acid groups is 1. The zero-order valence-corrected chi connectivity index (χ0v) is 8.79. The Hall–Kier alpha value is 2.03. The summed E-state index contributed by atoms with van der Waals surface area (Å²) in [6, 6.07) is 0. The summed E-state index contributed by atoms with van der Waals surface area (Å²) in [6.45, 7) is 0. The van der Waals surface area contributed by atoms with Crippen LogP contribution in [0.3, 0.4) is 0 Å². The van der Waals surface area contributed by atoms with Crippen molar-refractivity contribution in [3.05, 3.63) is 0 Å². The Morgan fingerprint density at radius 3 is 1.12 bits per heavy atom. The van der Waals surface area contributed by atoms with Crippen molar-refractivity contribution in [3.63, 3.8) is 0 Å². The van der Waals surface area contributed by atoms with Crippen molar-refractivity contribution in [1.82, 2.24) is 0 Å². The van der Waals surface area contributed by atoms with Gasteiger partial charge in [-0.25, -0.2) is 0 Å². The Morgan fingerprint density at radius 2 is 1.12 bits per heavy atom. The van der Waals surface area contributed by atoms with Gasteiger partial charge >= 0.3 is 59.8 Å². The van der Waals surface area contributed by atoms with Gasteiger partial charge in [-0.1, -0.05) is 0 Å². The van der Waals surface area contributed by atoms with Crippen molar-refractivity contribution in [3.8, 4) is 0 Å². The minimum atomic E-state index is -5.39. The second kappa shape index (κ2) is 9.03. The average molecular weight is 276 g/mol. The van der Waals surface area contributed by atoms with Crippen LogP contribution in [-0.4, -0.2) is 23.9 Å². The average Bonchev–Trinajstić information content (AvgIpc) is 0.722.